The molecular weight excluding hydrogens is 284 g/mol. The van der Waals surface area contributed by atoms with Crippen molar-refractivity contribution < 1.29 is 23.5 Å². The third-order valence-electron chi connectivity index (χ3n) is 3.01. The van der Waals surface area contributed by atoms with E-state index in [-0.39, 0.29) is 5.76 Å². The molecule has 1 heterocycles. The molecule has 0 fully saturated rings. The van der Waals surface area contributed by atoms with E-state index in [0.29, 0.717) is 12.2 Å². The van der Waals surface area contributed by atoms with Crippen LogP contribution < -0.4 is 0 Å². The summed E-state index contributed by atoms with van der Waals surface area (Å²) in [6.07, 6.45) is 1.94. The van der Waals surface area contributed by atoms with Crippen LogP contribution in [-0.4, -0.2) is 18.5 Å². The summed E-state index contributed by atoms with van der Waals surface area (Å²) in [6, 6.07) is 11.8. The molecule has 0 aliphatic rings. The lowest BCUT2D eigenvalue weighted by Crippen LogP contribution is -2.22. The molecule has 1 unspecified atom stereocenters. The summed E-state index contributed by atoms with van der Waals surface area (Å²) in [5.74, 6) is -1.24. The predicted molar refractivity (Wildman–Crippen MR) is 79.2 cm³/mol. The van der Waals surface area contributed by atoms with Gasteiger partial charge in [-0.05, 0) is 18.6 Å². The molecule has 5 nitrogen and oxygen atoms in total. The second-order valence-corrected chi connectivity index (χ2v) is 4.69. The van der Waals surface area contributed by atoms with Crippen LogP contribution in [0.4, 0.5) is 0 Å². The number of esters is 2. The van der Waals surface area contributed by atoms with Crippen molar-refractivity contribution in [3.05, 3.63) is 60.1 Å². The van der Waals surface area contributed by atoms with Crippen molar-refractivity contribution in [2.75, 3.05) is 6.61 Å². The summed E-state index contributed by atoms with van der Waals surface area (Å²) in [5.41, 5.74) is 0.559. The molecule has 1 aromatic carbocycles. The summed E-state index contributed by atoms with van der Waals surface area (Å²) in [4.78, 5) is 24.2. The monoisotopic (exact) mass is 302 g/mol. The zero-order valence-electron chi connectivity index (χ0n) is 12.4. The van der Waals surface area contributed by atoms with Gasteiger partial charge >= 0.3 is 11.9 Å². The van der Waals surface area contributed by atoms with Crippen molar-refractivity contribution in [3.8, 4) is 0 Å². The third kappa shape index (κ3) is 4.22. The van der Waals surface area contributed by atoms with Gasteiger partial charge in [0.1, 0.15) is 0 Å². The van der Waals surface area contributed by atoms with Crippen molar-refractivity contribution in [2.24, 2.45) is 0 Å². The SMILES string of the molecule is CCCCOC(=O)C(OC(=O)c1ccco1)c1ccccc1. The number of benzene rings is 1. The van der Waals surface area contributed by atoms with Crippen LogP contribution >= 0.6 is 0 Å². The summed E-state index contributed by atoms with van der Waals surface area (Å²) < 4.78 is 15.4. The molecular formula is C17H18O5. The topological polar surface area (TPSA) is 65.7 Å². The van der Waals surface area contributed by atoms with Gasteiger partial charge in [0.05, 0.1) is 12.9 Å². The van der Waals surface area contributed by atoms with E-state index in [1.165, 1.54) is 12.3 Å². The minimum Gasteiger partial charge on any atom is -0.463 e. The molecule has 0 aliphatic carbocycles. The van der Waals surface area contributed by atoms with E-state index in [1.54, 1.807) is 30.3 Å². The van der Waals surface area contributed by atoms with Gasteiger partial charge in [-0.25, -0.2) is 9.59 Å². The number of unbranched alkanes of at least 4 members (excludes halogenated alkanes) is 1. The molecule has 0 saturated heterocycles. The first-order valence-corrected chi connectivity index (χ1v) is 7.18. The normalized spacial score (nSPS) is 11.7. The molecule has 1 aromatic heterocycles. The van der Waals surface area contributed by atoms with Crippen LogP contribution in [0.2, 0.25) is 0 Å². The minimum atomic E-state index is -1.10. The van der Waals surface area contributed by atoms with E-state index in [1.807, 2.05) is 13.0 Å². The Morgan fingerprint density at radius 1 is 1.14 bits per heavy atom. The second-order valence-electron chi connectivity index (χ2n) is 4.69. The average Bonchev–Trinajstić information content (AvgIpc) is 3.08. The second kappa shape index (κ2) is 8.02. The third-order valence-corrected chi connectivity index (χ3v) is 3.01. The smallest absolute Gasteiger partial charge is 0.375 e. The van der Waals surface area contributed by atoms with E-state index >= 15 is 0 Å². The fraction of sp³-hybridized carbons (Fsp3) is 0.294. The van der Waals surface area contributed by atoms with Gasteiger partial charge in [0.25, 0.3) is 0 Å². The average molecular weight is 302 g/mol. The van der Waals surface area contributed by atoms with Crippen molar-refractivity contribution in [3.63, 3.8) is 0 Å². The highest BCUT2D eigenvalue weighted by Gasteiger charge is 2.27. The van der Waals surface area contributed by atoms with Gasteiger partial charge in [-0.2, -0.15) is 0 Å². The van der Waals surface area contributed by atoms with Crippen molar-refractivity contribution >= 4 is 11.9 Å². The number of ether oxygens (including phenoxy) is 2. The number of hydrogen-bond donors (Lipinski definition) is 0. The predicted octanol–water partition coefficient (Wildman–Crippen LogP) is 3.52. The molecule has 0 amide bonds. The number of furan rings is 1. The number of rotatable bonds is 7. The van der Waals surface area contributed by atoms with Crippen LogP contribution in [0, 0.1) is 0 Å². The Hall–Kier alpha value is -2.56. The molecule has 116 valence electrons. The standard InChI is InChI=1S/C17H18O5/c1-2-3-11-21-17(19)15(13-8-5-4-6-9-13)22-16(18)14-10-7-12-20-14/h4-10,12,15H,2-3,11H2,1H3. The molecule has 0 aliphatic heterocycles. The van der Waals surface area contributed by atoms with Crippen LogP contribution in [0.5, 0.6) is 0 Å². The summed E-state index contributed by atoms with van der Waals surface area (Å²) in [5, 5.41) is 0. The van der Waals surface area contributed by atoms with E-state index in [4.69, 9.17) is 13.9 Å². The first kappa shape index (κ1) is 15.8. The molecule has 1 atom stereocenters. The Labute approximate surface area is 128 Å². The lowest BCUT2D eigenvalue weighted by Gasteiger charge is -2.16. The van der Waals surface area contributed by atoms with Gasteiger partial charge in [0.2, 0.25) is 11.9 Å². The number of carbonyl (C=O) groups is 2. The van der Waals surface area contributed by atoms with Crippen molar-refractivity contribution in [1.29, 1.82) is 0 Å². The van der Waals surface area contributed by atoms with Crippen LogP contribution in [0.3, 0.4) is 0 Å². The number of carbonyl (C=O) groups excluding carboxylic acids is 2. The summed E-state index contributed by atoms with van der Waals surface area (Å²) in [7, 11) is 0. The Bertz CT molecular complexity index is 589. The molecule has 0 radical (unpaired) electrons. The maximum Gasteiger partial charge on any atom is 0.375 e. The highest BCUT2D eigenvalue weighted by molar-refractivity contribution is 5.89. The van der Waals surface area contributed by atoms with Gasteiger partial charge in [-0.1, -0.05) is 43.7 Å². The zero-order chi connectivity index (χ0) is 15.8. The molecule has 0 spiro atoms. The van der Waals surface area contributed by atoms with Crippen LogP contribution in [0.25, 0.3) is 0 Å². The van der Waals surface area contributed by atoms with Gasteiger partial charge in [0, 0.05) is 5.56 Å². The van der Waals surface area contributed by atoms with Gasteiger partial charge in [-0.3, -0.25) is 0 Å². The zero-order valence-corrected chi connectivity index (χ0v) is 12.4. The van der Waals surface area contributed by atoms with Gasteiger partial charge in [-0.15, -0.1) is 0 Å². The Morgan fingerprint density at radius 3 is 2.55 bits per heavy atom. The first-order chi connectivity index (χ1) is 10.7. The van der Waals surface area contributed by atoms with Crippen molar-refractivity contribution in [2.45, 2.75) is 25.9 Å². The lowest BCUT2D eigenvalue weighted by atomic mass is 10.1. The minimum absolute atomic E-state index is 0.0438. The highest BCUT2D eigenvalue weighted by atomic mass is 16.6. The van der Waals surface area contributed by atoms with E-state index in [9.17, 15) is 9.59 Å². The Kier molecular flexibility index (Phi) is 5.77. The molecule has 0 N–H and O–H groups in total. The quantitative estimate of drug-likeness (QED) is 0.578. The fourth-order valence-electron chi connectivity index (χ4n) is 1.83. The van der Waals surface area contributed by atoms with Crippen LogP contribution in [0.15, 0.2) is 53.1 Å². The van der Waals surface area contributed by atoms with Crippen molar-refractivity contribution in [1.82, 2.24) is 0 Å². The fourth-order valence-corrected chi connectivity index (χ4v) is 1.83. The summed E-state index contributed by atoms with van der Waals surface area (Å²) >= 11 is 0. The molecule has 2 aromatic rings. The lowest BCUT2D eigenvalue weighted by molar-refractivity contribution is -0.154. The molecule has 0 bridgehead atoms. The largest absolute Gasteiger partial charge is 0.463 e. The Morgan fingerprint density at radius 2 is 1.91 bits per heavy atom. The molecule has 22 heavy (non-hydrogen) atoms. The molecule has 2 rings (SSSR count). The molecule has 0 saturated carbocycles. The maximum atomic E-state index is 12.2. The van der Waals surface area contributed by atoms with E-state index < -0.39 is 18.0 Å². The van der Waals surface area contributed by atoms with Crippen LogP contribution in [0.1, 0.15) is 42.0 Å². The summed E-state index contributed by atoms with van der Waals surface area (Å²) in [6.45, 7) is 2.30. The van der Waals surface area contributed by atoms with E-state index in [0.717, 1.165) is 12.8 Å². The van der Waals surface area contributed by atoms with Gasteiger partial charge < -0.3 is 13.9 Å². The first-order valence-electron chi connectivity index (χ1n) is 7.18. The number of hydrogen-bond acceptors (Lipinski definition) is 5. The highest BCUT2D eigenvalue weighted by Crippen LogP contribution is 2.21. The van der Waals surface area contributed by atoms with E-state index in [2.05, 4.69) is 0 Å². The van der Waals surface area contributed by atoms with Crippen LogP contribution in [-0.2, 0) is 14.3 Å². The molecule has 5 heteroatoms. The maximum absolute atomic E-state index is 12.2. The Balaban J connectivity index is 2.11. The van der Waals surface area contributed by atoms with Gasteiger partial charge in [0.15, 0.2) is 0 Å².